The largest absolute Gasteiger partial charge is 0.410 e. The van der Waals surface area contributed by atoms with Gasteiger partial charge in [-0.05, 0) is 35.9 Å². The molecule has 0 aliphatic heterocycles. The summed E-state index contributed by atoms with van der Waals surface area (Å²) in [4.78, 5) is 0. The topological polar surface area (TPSA) is 29.5 Å². The van der Waals surface area contributed by atoms with Crippen LogP contribution in [0.1, 0.15) is 60.8 Å². The summed E-state index contributed by atoms with van der Waals surface area (Å²) in [6, 6.07) is 0. The second-order valence-corrected chi connectivity index (χ2v) is 11.8. The minimum absolute atomic E-state index is 0.144. The Kier molecular flexibility index (Phi) is 8.87. The summed E-state index contributed by atoms with van der Waals surface area (Å²) >= 11 is 0. The molecule has 0 aromatic heterocycles. The second-order valence-electron chi connectivity index (χ2n) is 6.43. The molecular weight excluding hydrogens is 252 g/mol. The molecule has 0 unspecified atom stereocenters. The van der Waals surface area contributed by atoms with Gasteiger partial charge >= 0.3 is 0 Å². The molecule has 0 bridgehead atoms. The van der Waals surface area contributed by atoms with Crippen molar-refractivity contribution in [1.29, 1.82) is 0 Å². The van der Waals surface area contributed by atoms with E-state index in [9.17, 15) is 0 Å². The summed E-state index contributed by atoms with van der Waals surface area (Å²) in [5, 5.41) is 8.89. The van der Waals surface area contributed by atoms with Gasteiger partial charge in [0.1, 0.15) is 0 Å². The van der Waals surface area contributed by atoms with Crippen molar-refractivity contribution in [1.82, 2.24) is 0 Å². The van der Waals surface area contributed by atoms with E-state index in [0.29, 0.717) is 16.6 Å². The van der Waals surface area contributed by atoms with Crippen molar-refractivity contribution < 1.29 is 9.53 Å². The summed E-state index contributed by atoms with van der Waals surface area (Å²) in [6.45, 7) is 18.0. The molecule has 114 valence electrons. The summed E-state index contributed by atoms with van der Waals surface area (Å²) in [6.07, 6.45) is 4.93. The van der Waals surface area contributed by atoms with E-state index in [2.05, 4.69) is 48.1 Å². The minimum Gasteiger partial charge on any atom is -0.410 e. The fourth-order valence-corrected chi connectivity index (χ4v) is 8.91. The Morgan fingerprint density at radius 3 is 1.79 bits per heavy atom. The van der Waals surface area contributed by atoms with Gasteiger partial charge in [-0.3, -0.25) is 0 Å². The predicted molar refractivity (Wildman–Crippen MR) is 87.1 cm³/mol. The van der Waals surface area contributed by atoms with Gasteiger partial charge < -0.3 is 9.53 Å². The highest BCUT2D eigenvalue weighted by atomic mass is 28.4. The van der Waals surface area contributed by atoms with E-state index in [0.717, 1.165) is 19.3 Å². The molecule has 0 heterocycles. The maximum Gasteiger partial charge on any atom is 0.201 e. The number of aliphatic hydroxyl groups excluding tert-OH is 1. The van der Waals surface area contributed by atoms with E-state index in [-0.39, 0.29) is 12.7 Å². The number of aliphatic hydroxyl groups is 1. The van der Waals surface area contributed by atoms with Crippen molar-refractivity contribution in [3.05, 3.63) is 12.7 Å². The molecule has 2 nitrogen and oxygen atoms in total. The third-order valence-electron chi connectivity index (χ3n) is 4.22. The van der Waals surface area contributed by atoms with E-state index < -0.39 is 8.32 Å². The molecule has 0 aromatic rings. The Labute approximate surface area is 121 Å². The number of rotatable bonds is 10. The molecule has 0 aromatic carbocycles. The van der Waals surface area contributed by atoms with Crippen LogP contribution < -0.4 is 0 Å². The Bertz CT molecular complexity index is 227. The van der Waals surface area contributed by atoms with Crippen molar-refractivity contribution in [3.8, 4) is 0 Å². The summed E-state index contributed by atoms with van der Waals surface area (Å²) in [7, 11) is -1.81. The average molecular weight is 287 g/mol. The normalized spacial score (nSPS) is 14.4. The summed E-state index contributed by atoms with van der Waals surface area (Å²) in [5.41, 5.74) is 1.81. The van der Waals surface area contributed by atoms with Gasteiger partial charge in [0.05, 0.1) is 6.10 Å². The highest BCUT2D eigenvalue weighted by Crippen LogP contribution is 2.43. The van der Waals surface area contributed by atoms with Gasteiger partial charge in [0.2, 0.25) is 8.32 Å². The molecule has 1 N–H and O–H groups in total. The summed E-state index contributed by atoms with van der Waals surface area (Å²) in [5.74, 6) is 0. The standard InChI is InChI=1S/C16H34O2Si/c1-8-16(11-9-10-12-17)18-19(13(2)3,14(4)5)15(6)7/h8,13-17H,1,9-12H2,2-7H3/t16-/m1/s1. The van der Waals surface area contributed by atoms with Gasteiger partial charge in [0.15, 0.2) is 0 Å². The summed E-state index contributed by atoms with van der Waals surface area (Å²) < 4.78 is 6.66. The van der Waals surface area contributed by atoms with Crippen LogP contribution in [-0.2, 0) is 4.43 Å². The van der Waals surface area contributed by atoms with Gasteiger partial charge in [-0.25, -0.2) is 0 Å². The molecule has 0 saturated heterocycles. The zero-order valence-electron chi connectivity index (χ0n) is 13.8. The molecular formula is C16H34O2Si. The number of unbranched alkanes of at least 4 members (excludes halogenated alkanes) is 1. The maximum atomic E-state index is 8.89. The lowest BCUT2D eigenvalue weighted by Gasteiger charge is -2.44. The molecule has 19 heavy (non-hydrogen) atoms. The van der Waals surface area contributed by atoms with E-state index in [1.165, 1.54) is 0 Å². The fraction of sp³-hybridized carbons (Fsp3) is 0.875. The van der Waals surface area contributed by atoms with Crippen LogP contribution in [0.4, 0.5) is 0 Å². The van der Waals surface area contributed by atoms with Crippen LogP contribution in [0.5, 0.6) is 0 Å². The monoisotopic (exact) mass is 286 g/mol. The van der Waals surface area contributed by atoms with Crippen LogP contribution in [0, 0.1) is 0 Å². The van der Waals surface area contributed by atoms with Gasteiger partial charge in [0, 0.05) is 6.61 Å². The lowest BCUT2D eigenvalue weighted by atomic mass is 10.1. The Morgan fingerprint density at radius 1 is 1.00 bits per heavy atom. The fourth-order valence-electron chi connectivity index (χ4n) is 3.35. The molecule has 0 radical (unpaired) electrons. The first-order chi connectivity index (χ1) is 8.82. The lowest BCUT2D eigenvalue weighted by Crippen LogP contribution is -2.49. The van der Waals surface area contributed by atoms with Crippen molar-refractivity contribution in [2.75, 3.05) is 6.61 Å². The molecule has 0 spiro atoms. The first kappa shape index (κ1) is 18.9. The van der Waals surface area contributed by atoms with Crippen molar-refractivity contribution in [2.45, 2.75) is 83.5 Å². The third-order valence-corrected chi connectivity index (χ3v) is 10.3. The Balaban J connectivity index is 4.91. The van der Waals surface area contributed by atoms with E-state index in [1.54, 1.807) is 0 Å². The Morgan fingerprint density at radius 2 is 1.47 bits per heavy atom. The van der Waals surface area contributed by atoms with Crippen molar-refractivity contribution >= 4 is 8.32 Å². The predicted octanol–water partition coefficient (Wildman–Crippen LogP) is 4.90. The molecule has 0 saturated carbocycles. The van der Waals surface area contributed by atoms with Crippen LogP contribution in [0.2, 0.25) is 16.6 Å². The minimum atomic E-state index is -1.81. The Hall–Kier alpha value is -0.123. The molecule has 0 rings (SSSR count). The van der Waals surface area contributed by atoms with Crippen LogP contribution in [0.25, 0.3) is 0 Å². The highest BCUT2D eigenvalue weighted by molar-refractivity contribution is 6.77. The lowest BCUT2D eigenvalue weighted by molar-refractivity contribution is 0.197. The maximum absolute atomic E-state index is 8.89. The van der Waals surface area contributed by atoms with Gasteiger partial charge in [0.25, 0.3) is 0 Å². The average Bonchev–Trinajstić information content (AvgIpc) is 2.32. The smallest absolute Gasteiger partial charge is 0.201 e. The molecule has 0 aliphatic rings. The molecule has 0 aliphatic carbocycles. The van der Waals surface area contributed by atoms with Crippen molar-refractivity contribution in [3.63, 3.8) is 0 Å². The number of hydrogen-bond acceptors (Lipinski definition) is 2. The molecule has 1 atom stereocenters. The van der Waals surface area contributed by atoms with Gasteiger partial charge in [-0.1, -0.05) is 47.6 Å². The SMILES string of the molecule is C=C[C@H](CCCCO)O[Si](C(C)C)(C(C)C)C(C)C. The molecule has 0 amide bonds. The van der Waals surface area contributed by atoms with E-state index in [4.69, 9.17) is 9.53 Å². The van der Waals surface area contributed by atoms with E-state index in [1.807, 2.05) is 6.08 Å². The molecule has 0 fully saturated rings. The van der Waals surface area contributed by atoms with Crippen LogP contribution >= 0.6 is 0 Å². The zero-order valence-corrected chi connectivity index (χ0v) is 14.8. The van der Waals surface area contributed by atoms with E-state index >= 15 is 0 Å². The second kappa shape index (κ2) is 8.93. The molecule has 3 heteroatoms. The van der Waals surface area contributed by atoms with Crippen LogP contribution in [0.3, 0.4) is 0 Å². The van der Waals surface area contributed by atoms with Gasteiger partial charge in [-0.2, -0.15) is 0 Å². The third kappa shape index (κ3) is 5.05. The van der Waals surface area contributed by atoms with Gasteiger partial charge in [-0.15, -0.1) is 6.58 Å². The van der Waals surface area contributed by atoms with Crippen LogP contribution in [-0.4, -0.2) is 26.1 Å². The first-order valence-corrected chi connectivity index (χ1v) is 9.88. The first-order valence-electron chi connectivity index (χ1n) is 7.74. The van der Waals surface area contributed by atoms with Crippen LogP contribution in [0.15, 0.2) is 12.7 Å². The number of hydrogen-bond donors (Lipinski definition) is 1. The quantitative estimate of drug-likeness (QED) is 0.352. The van der Waals surface area contributed by atoms with Crippen molar-refractivity contribution in [2.24, 2.45) is 0 Å². The zero-order chi connectivity index (χ0) is 15.1. The highest BCUT2D eigenvalue weighted by Gasteiger charge is 2.46.